The molecular weight excluding hydrogens is 266 g/mol. The van der Waals surface area contributed by atoms with Gasteiger partial charge in [0.1, 0.15) is 5.75 Å². The third-order valence-electron chi connectivity index (χ3n) is 3.24. The molecule has 0 fully saturated rings. The van der Waals surface area contributed by atoms with Crippen LogP contribution >= 0.6 is 0 Å². The fraction of sp³-hybridized carbons (Fsp3) is 0.235. The molecule has 0 heterocycles. The maximum Gasteiger partial charge on any atom is 0.251 e. The lowest BCUT2D eigenvalue weighted by Gasteiger charge is -2.13. The van der Waals surface area contributed by atoms with Gasteiger partial charge in [-0.05, 0) is 36.8 Å². The van der Waals surface area contributed by atoms with E-state index >= 15 is 0 Å². The first-order valence-corrected chi connectivity index (χ1v) is 6.77. The molecule has 2 aromatic rings. The second-order valence-electron chi connectivity index (χ2n) is 4.87. The van der Waals surface area contributed by atoms with Crippen molar-refractivity contribution in [3.63, 3.8) is 0 Å². The zero-order valence-corrected chi connectivity index (χ0v) is 12.2. The Hall–Kier alpha value is -2.33. The Bertz CT molecular complexity index is 608. The van der Waals surface area contributed by atoms with Crippen LogP contribution in [0.1, 0.15) is 27.6 Å². The molecule has 0 saturated heterocycles. The van der Waals surface area contributed by atoms with Gasteiger partial charge in [-0.3, -0.25) is 4.79 Å². The molecule has 0 aromatic heterocycles. The number of carbonyl (C=O) groups excluding carboxylic acids is 1. The van der Waals surface area contributed by atoms with E-state index in [2.05, 4.69) is 5.32 Å². The third-order valence-corrected chi connectivity index (χ3v) is 3.24. The smallest absolute Gasteiger partial charge is 0.251 e. The number of aliphatic hydroxyl groups excluding tert-OH is 1. The van der Waals surface area contributed by atoms with Crippen molar-refractivity contribution in [2.24, 2.45) is 0 Å². The van der Waals surface area contributed by atoms with Crippen LogP contribution in [0.25, 0.3) is 0 Å². The Kier molecular flexibility index (Phi) is 4.95. The lowest BCUT2D eigenvalue weighted by molar-refractivity contribution is 0.0916. The number of hydrogen-bond donors (Lipinski definition) is 2. The molecule has 4 heteroatoms. The van der Waals surface area contributed by atoms with Crippen LogP contribution in [0.3, 0.4) is 0 Å². The van der Waals surface area contributed by atoms with Crippen LogP contribution in [0.15, 0.2) is 48.5 Å². The summed E-state index contributed by atoms with van der Waals surface area (Å²) in [5.41, 5.74) is 2.36. The van der Waals surface area contributed by atoms with Crippen LogP contribution in [0.5, 0.6) is 5.75 Å². The van der Waals surface area contributed by atoms with E-state index in [1.807, 2.05) is 25.1 Å². The summed E-state index contributed by atoms with van der Waals surface area (Å²) in [5, 5.41) is 12.8. The van der Waals surface area contributed by atoms with E-state index < -0.39 is 6.10 Å². The van der Waals surface area contributed by atoms with Crippen molar-refractivity contribution in [1.82, 2.24) is 5.32 Å². The normalized spacial score (nSPS) is 11.8. The standard InChI is InChI=1S/C17H19NO3/c1-12-4-3-5-14(10-12)17(20)18-11-16(19)13-6-8-15(21-2)9-7-13/h3-10,16,19H,11H2,1-2H3,(H,18,20). The third kappa shape index (κ3) is 4.07. The monoisotopic (exact) mass is 285 g/mol. The molecule has 0 spiro atoms. The molecule has 0 radical (unpaired) electrons. The number of amides is 1. The second kappa shape index (κ2) is 6.90. The molecule has 1 amide bonds. The molecule has 0 aliphatic heterocycles. The second-order valence-corrected chi connectivity index (χ2v) is 4.87. The van der Waals surface area contributed by atoms with Crippen molar-refractivity contribution in [2.45, 2.75) is 13.0 Å². The van der Waals surface area contributed by atoms with E-state index in [1.54, 1.807) is 37.4 Å². The first-order valence-electron chi connectivity index (χ1n) is 6.77. The van der Waals surface area contributed by atoms with E-state index in [1.165, 1.54) is 0 Å². The van der Waals surface area contributed by atoms with Gasteiger partial charge in [0.2, 0.25) is 0 Å². The van der Waals surface area contributed by atoms with Crippen LogP contribution in [0.2, 0.25) is 0 Å². The highest BCUT2D eigenvalue weighted by Crippen LogP contribution is 2.17. The Morgan fingerprint density at radius 1 is 1.24 bits per heavy atom. The van der Waals surface area contributed by atoms with Gasteiger partial charge in [-0.15, -0.1) is 0 Å². The number of aliphatic hydroxyl groups is 1. The van der Waals surface area contributed by atoms with Crippen LogP contribution in [0, 0.1) is 6.92 Å². The van der Waals surface area contributed by atoms with Gasteiger partial charge in [0.05, 0.1) is 13.2 Å². The highest BCUT2D eigenvalue weighted by molar-refractivity contribution is 5.94. The van der Waals surface area contributed by atoms with E-state index in [0.29, 0.717) is 5.56 Å². The largest absolute Gasteiger partial charge is 0.497 e. The molecule has 21 heavy (non-hydrogen) atoms. The van der Waals surface area contributed by atoms with E-state index in [9.17, 15) is 9.90 Å². The molecule has 0 bridgehead atoms. The molecule has 1 atom stereocenters. The molecule has 0 saturated carbocycles. The van der Waals surface area contributed by atoms with Crippen LogP contribution in [-0.2, 0) is 0 Å². The van der Waals surface area contributed by atoms with Gasteiger partial charge in [-0.2, -0.15) is 0 Å². The van der Waals surface area contributed by atoms with Gasteiger partial charge < -0.3 is 15.2 Å². The van der Waals surface area contributed by atoms with E-state index in [-0.39, 0.29) is 12.5 Å². The minimum absolute atomic E-state index is 0.166. The summed E-state index contributed by atoms with van der Waals surface area (Å²) < 4.78 is 5.06. The molecule has 4 nitrogen and oxygen atoms in total. The van der Waals surface area contributed by atoms with Gasteiger partial charge in [-0.25, -0.2) is 0 Å². The predicted octanol–water partition coefficient (Wildman–Crippen LogP) is 2.47. The molecule has 110 valence electrons. The van der Waals surface area contributed by atoms with Gasteiger partial charge in [0.25, 0.3) is 5.91 Å². The Morgan fingerprint density at radius 3 is 2.57 bits per heavy atom. The van der Waals surface area contributed by atoms with Gasteiger partial charge >= 0.3 is 0 Å². The predicted molar refractivity (Wildman–Crippen MR) is 81.5 cm³/mol. The summed E-state index contributed by atoms with van der Waals surface area (Å²) in [4.78, 5) is 12.0. The number of hydrogen-bond acceptors (Lipinski definition) is 3. The number of ether oxygens (including phenoxy) is 1. The summed E-state index contributed by atoms with van der Waals surface area (Å²) >= 11 is 0. The van der Waals surface area contributed by atoms with E-state index in [4.69, 9.17) is 4.74 Å². The summed E-state index contributed by atoms with van der Waals surface area (Å²) in [7, 11) is 1.59. The van der Waals surface area contributed by atoms with Crippen LogP contribution in [0.4, 0.5) is 0 Å². The summed E-state index contributed by atoms with van der Waals surface area (Å²) in [6, 6.07) is 14.5. The molecule has 2 aromatic carbocycles. The average Bonchev–Trinajstić information content (AvgIpc) is 2.52. The first kappa shape index (κ1) is 15.1. The zero-order chi connectivity index (χ0) is 15.2. The van der Waals surface area contributed by atoms with Crippen LogP contribution < -0.4 is 10.1 Å². The number of aryl methyl sites for hydroxylation is 1. The summed E-state index contributed by atoms with van der Waals surface area (Å²) in [6.45, 7) is 2.10. The van der Waals surface area contributed by atoms with Gasteiger partial charge in [0, 0.05) is 12.1 Å². The van der Waals surface area contributed by atoms with Crippen LogP contribution in [-0.4, -0.2) is 24.7 Å². The number of methoxy groups -OCH3 is 1. The van der Waals surface area contributed by atoms with Gasteiger partial charge in [-0.1, -0.05) is 29.8 Å². The summed E-state index contributed by atoms with van der Waals surface area (Å²) in [5.74, 6) is 0.543. The molecule has 2 rings (SSSR count). The lowest BCUT2D eigenvalue weighted by atomic mass is 10.1. The molecule has 2 N–H and O–H groups in total. The topological polar surface area (TPSA) is 58.6 Å². The molecule has 0 aliphatic rings. The van der Waals surface area contributed by atoms with Crippen molar-refractivity contribution in [2.75, 3.05) is 13.7 Å². The number of carbonyl (C=O) groups is 1. The minimum atomic E-state index is -0.746. The number of nitrogens with one attached hydrogen (secondary N) is 1. The number of benzene rings is 2. The van der Waals surface area contributed by atoms with E-state index in [0.717, 1.165) is 16.9 Å². The Morgan fingerprint density at radius 2 is 1.95 bits per heavy atom. The maximum atomic E-state index is 12.0. The van der Waals surface area contributed by atoms with Gasteiger partial charge in [0.15, 0.2) is 0 Å². The average molecular weight is 285 g/mol. The van der Waals surface area contributed by atoms with Crippen molar-refractivity contribution in [3.05, 3.63) is 65.2 Å². The minimum Gasteiger partial charge on any atom is -0.497 e. The zero-order valence-electron chi connectivity index (χ0n) is 12.2. The summed E-state index contributed by atoms with van der Waals surface area (Å²) in [6.07, 6.45) is -0.746. The Labute approximate surface area is 124 Å². The highest BCUT2D eigenvalue weighted by atomic mass is 16.5. The molecule has 0 aliphatic carbocycles. The molecule has 1 unspecified atom stereocenters. The molecular formula is C17H19NO3. The quantitative estimate of drug-likeness (QED) is 0.887. The maximum absolute atomic E-state index is 12.0. The van der Waals surface area contributed by atoms with Crippen molar-refractivity contribution in [3.8, 4) is 5.75 Å². The van der Waals surface area contributed by atoms with Crippen molar-refractivity contribution in [1.29, 1.82) is 0 Å². The first-order chi connectivity index (χ1) is 10.1. The lowest BCUT2D eigenvalue weighted by Crippen LogP contribution is -2.28. The highest BCUT2D eigenvalue weighted by Gasteiger charge is 2.11. The Balaban J connectivity index is 1.93. The van der Waals surface area contributed by atoms with Crippen molar-refractivity contribution < 1.29 is 14.6 Å². The fourth-order valence-electron chi connectivity index (χ4n) is 2.02. The van der Waals surface area contributed by atoms with Crippen molar-refractivity contribution >= 4 is 5.91 Å². The fourth-order valence-corrected chi connectivity index (χ4v) is 2.02. The number of rotatable bonds is 5. The SMILES string of the molecule is COc1ccc(C(O)CNC(=O)c2cccc(C)c2)cc1.